The second-order valence-electron chi connectivity index (χ2n) is 5.83. The van der Waals surface area contributed by atoms with E-state index in [0.29, 0.717) is 12.3 Å². The molecule has 0 unspecified atom stereocenters. The lowest BCUT2D eigenvalue weighted by molar-refractivity contribution is -0.127. The third kappa shape index (κ3) is 4.22. The summed E-state index contributed by atoms with van der Waals surface area (Å²) in [7, 11) is 0. The number of rotatable bonds is 6. The van der Waals surface area contributed by atoms with Crippen LogP contribution in [0.3, 0.4) is 0 Å². The number of benzene rings is 1. The Morgan fingerprint density at radius 1 is 1.25 bits per heavy atom. The molecule has 1 aromatic carbocycles. The number of aromatic nitrogens is 2. The fourth-order valence-electron chi connectivity index (χ4n) is 2.63. The largest absolute Gasteiger partial charge is 0.481 e. The molecule has 1 aliphatic heterocycles. The lowest BCUT2D eigenvalue weighted by Crippen LogP contribution is -2.36. The summed E-state index contributed by atoms with van der Waals surface area (Å²) in [4.78, 5) is 23.2. The first kappa shape index (κ1) is 16.2. The maximum atomic E-state index is 12.2. The van der Waals surface area contributed by atoms with Gasteiger partial charge in [0.1, 0.15) is 5.75 Å². The number of amides is 1. The van der Waals surface area contributed by atoms with Gasteiger partial charge in [-0.2, -0.15) is 0 Å². The summed E-state index contributed by atoms with van der Waals surface area (Å²) in [6.07, 6.45) is 3.54. The van der Waals surface area contributed by atoms with Crippen molar-refractivity contribution in [1.82, 2.24) is 15.3 Å². The summed E-state index contributed by atoms with van der Waals surface area (Å²) >= 11 is 0. The van der Waals surface area contributed by atoms with Gasteiger partial charge in [0.25, 0.3) is 5.91 Å². The molecular formula is C18H22N4O2. The van der Waals surface area contributed by atoms with Crippen LogP contribution in [-0.2, 0) is 11.3 Å². The first-order valence-corrected chi connectivity index (χ1v) is 8.28. The highest BCUT2D eigenvalue weighted by Gasteiger charge is 2.16. The summed E-state index contributed by atoms with van der Waals surface area (Å²) in [5.41, 5.74) is 0.798. The van der Waals surface area contributed by atoms with E-state index in [4.69, 9.17) is 4.74 Å². The number of hydrogen-bond donors (Lipinski definition) is 1. The first-order valence-electron chi connectivity index (χ1n) is 8.28. The maximum Gasteiger partial charge on any atom is 0.261 e. The molecule has 1 atom stereocenters. The minimum atomic E-state index is -0.563. The van der Waals surface area contributed by atoms with Gasteiger partial charge in [-0.25, -0.2) is 9.97 Å². The van der Waals surface area contributed by atoms with E-state index < -0.39 is 6.10 Å². The van der Waals surface area contributed by atoms with E-state index in [-0.39, 0.29) is 5.91 Å². The molecule has 2 heterocycles. The van der Waals surface area contributed by atoms with Crippen LogP contribution in [-0.4, -0.2) is 35.1 Å². The topological polar surface area (TPSA) is 67.3 Å². The highest BCUT2D eigenvalue weighted by atomic mass is 16.5. The van der Waals surface area contributed by atoms with Gasteiger partial charge in [-0.15, -0.1) is 0 Å². The van der Waals surface area contributed by atoms with E-state index in [1.165, 1.54) is 12.8 Å². The van der Waals surface area contributed by atoms with E-state index in [1.54, 1.807) is 13.1 Å². The molecule has 1 aromatic heterocycles. The molecule has 1 aliphatic rings. The van der Waals surface area contributed by atoms with E-state index in [1.807, 2.05) is 36.4 Å². The molecule has 6 nitrogen and oxygen atoms in total. The van der Waals surface area contributed by atoms with Gasteiger partial charge in [-0.05, 0) is 38.0 Å². The van der Waals surface area contributed by atoms with Crippen LogP contribution in [0.15, 0.2) is 42.6 Å². The molecule has 24 heavy (non-hydrogen) atoms. The van der Waals surface area contributed by atoms with Gasteiger partial charge >= 0.3 is 0 Å². The second-order valence-corrected chi connectivity index (χ2v) is 5.83. The molecule has 1 amide bonds. The number of para-hydroxylation sites is 1. The Kier molecular flexibility index (Phi) is 5.25. The number of carbonyl (C=O) groups excluding carboxylic acids is 1. The second kappa shape index (κ2) is 7.77. The van der Waals surface area contributed by atoms with Gasteiger partial charge in [0, 0.05) is 19.3 Å². The van der Waals surface area contributed by atoms with Crippen molar-refractivity contribution in [3.63, 3.8) is 0 Å². The Bertz CT molecular complexity index is 672. The fraction of sp³-hybridized carbons (Fsp3) is 0.389. The van der Waals surface area contributed by atoms with E-state index in [9.17, 15) is 4.79 Å². The molecule has 3 rings (SSSR count). The maximum absolute atomic E-state index is 12.2. The molecule has 1 saturated heterocycles. The van der Waals surface area contributed by atoms with Crippen molar-refractivity contribution in [3.05, 3.63) is 48.3 Å². The lowest BCUT2D eigenvalue weighted by atomic mass is 10.3. The van der Waals surface area contributed by atoms with Crippen molar-refractivity contribution in [1.29, 1.82) is 0 Å². The Labute approximate surface area is 141 Å². The van der Waals surface area contributed by atoms with Crippen LogP contribution in [0.2, 0.25) is 0 Å². The number of nitrogens with one attached hydrogen (secondary N) is 1. The predicted octanol–water partition coefficient (Wildman–Crippen LogP) is 2.16. The average molecular weight is 326 g/mol. The van der Waals surface area contributed by atoms with Crippen molar-refractivity contribution in [2.75, 3.05) is 18.0 Å². The Morgan fingerprint density at radius 2 is 2.00 bits per heavy atom. The summed E-state index contributed by atoms with van der Waals surface area (Å²) in [5, 5.41) is 2.86. The van der Waals surface area contributed by atoms with Crippen LogP contribution in [0, 0.1) is 0 Å². The van der Waals surface area contributed by atoms with Gasteiger partial charge in [0.15, 0.2) is 6.10 Å². The molecule has 0 radical (unpaired) electrons. The Hall–Kier alpha value is -2.63. The first-order chi connectivity index (χ1) is 11.7. The fourth-order valence-corrected chi connectivity index (χ4v) is 2.63. The molecule has 0 bridgehead atoms. The van der Waals surface area contributed by atoms with Gasteiger partial charge in [0.05, 0.1) is 12.2 Å². The molecule has 126 valence electrons. The van der Waals surface area contributed by atoms with Crippen molar-refractivity contribution in [3.8, 4) is 5.75 Å². The zero-order valence-electron chi connectivity index (χ0n) is 13.8. The van der Waals surface area contributed by atoms with E-state index >= 15 is 0 Å². The summed E-state index contributed by atoms with van der Waals surface area (Å²) in [6, 6.07) is 11.1. The third-order valence-electron chi connectivity index (χ3n) is 3.96. The molecule has 0 saturated carbocycles. The van der Waals surface area contributed by atoms with Crippen LogP contribution in [0.25, 0.3) is 0 Å². The number of hydrogen-bond acceptors (Lipinski definition) is 5. The number of anilines is 1. The normalized spacial score (nSPS) is 15.1. The highest BCUT2D eigenvalue weighted by molar-refractivity contribution is 5.80. The quantitative estimate of drug-likeness (QED) is 0.881. The molecule has 1 N–H and O–H groups in total. The summed E-state index contributed by atoms with van der Waals surface area (Å²) < 4.78 is 5.62. The summed E-state index contributed by atoms with van der Waals surface area (Å²) in [6.45, 7) is 4.10. The zero-order valence-corrected chi connectivity index (χ0v) is 13.8. The smallest absolute Gasteiger partial charge is 0.261 e. The average Bonchev–Trinajstić information content (AvgIpc) is 3.15. The van der Waals surface area contributed by atoms with E-state index in [2.05, 4.69) is 20.2 Å². The van der Waals surface area contributed by atoms with Crippen molar-refractivity contribution in [2.45, 2.75) is 32.4 Å². The lowest BCUT2D eigenvalue weighted by Gasteiger charge is -2.16. The van der Waals surface area contributed by atoms with Crippen molar-refractivity contribution in [2.24, 2.45) is 0 Å². The van der Waals surface area contributed by atoms with Gasteiger partial charge in [-0.1, -0.05) is 18.2 Å². The summed E-state index contributed by atoms with van der Waals surface area (Å²) in [5.74, 6) is 1.26. The zero-order chi connectivity index (χ0) is 16.8. The van der Waals surface area contributed by atoms with Gasteiger partial charge in [-0.3, -0.25) is 4.79 Å². The third-order valence-corrected chi connectivity index (χ3v) is 3.96. The van der Waals surface area contributed by atoms with Crippen LogP contribution >= 0.6 is 0 Å². The number of nitrogens with zero attached hydrogens (tertiary/aromatic N) is 3. The Morgan fingerprint density at radius 3 is 2.75 bits per heavy atom. The minimum Gasteiger partial charge on any atom is -0.481 e. The molecular weight excluding hydrogens is 304 g/mol. The van der Waals surface area contributed by atoms with Crippen molar-refractivity contribution >= 4 is 11.9 Å². The number of carbonyl (C=O) groups is 1. The molecule has 1 fully saturated rings. The number of ether oxygens (including phenoxy) is 1. The van der Waals surface area contributed by atoms with Crippen molar-refractivity contribution < 1.29 is 9.53 Å². The molecule has 0 spiro atoms. The van der Waals surface area contributed by atoms with Crippen LogP contribution in [0.5, 0.6) is 5.75 Å². The van der Waals surface area contributed by atoms with Crippen LogP contribution < -0.4 is 15.0 Å². The van der Waals surface area contributed by atoms with Crippen LogP contribution in [0.4, 0.5) is 5.95 Å². The van der Waals surface area contributed by atoms with E-state index in [0.717, 1.165) is 24.7 Å². The standard InChI is InChI=1S/C18H22N4O2/c1-14(24-16-7-3-2-4-8-16)17(23)20-13-15-9-10-19-18(21-15)22-11-5-6-12-22/h2-4,7-10,14H,5-6,11-13H2,1H3,(H,20,23)/t14-/m0/s1. The minimum absolute atomic E-state index is 0.166. The van der Waals surface area contributed by atoms with Crippen LogP contribution in [0.1, 0.15) is 25.5 Å². The molecule has 0 aliphatic carbocycles. The highest BCUT2D eigenvalue weighted by Crippen LogP contribution is 2.15. The SMILES string of the molecule is C[C@H](Oc1ccccc1)C(=O)NCc1ccnc(N2CCCC2)n1. The predicted molar refractivity (Wildman–Crippen MR) is 91.9 cm³/mol. The molecule has 2 aromatic rings. The monoisotopic (exact) mass is 326 g/mol. The van der Waals surface area contributed by atoms with Gasteiger partial charge in [0.2, 0.25) is 5.95 Å². The Balaban J connectivity index is 1.53. The molecule has 6 heteroatoms. The van der Waals surface area contributed by atoms with Gasteiger partial charge < -0.3 is 15.0 Å².